The second-order valence-electron chi connectivity index (χ2n) is 6.31. The van der Waals surface area contributed by atoms with Gasteiger partial charge < -0.3 is 10.8 Å². The van der Waals surface area contributed by atoms with E-state index in [-0.39, 0.29) is 5.41 Å². The number of halogens is 1. The first-order valence-corrected chi connectivity index (χ1v) is 6.65. The molecule has 3 N–H and O–H groups in total. The monoisotopic (exact) mass is 283 g/mol. The number of carboxylic acid groups (broad SMARTS) is 1. The number of hydrogen-bond acceptors (Lipinski definition) is 2. The van der Waals surface area contributed by atoms with Crippen LogP contribution in [0.3, 0.4) is 0 Å². The van der Waals surface area contributed by atoms with Gasteiger partial charge in [0.05, 0.1) is 16.1 Å². The molecule has 0 spiro atoms. The average Bonchev–Trinajstić information content (AvgIpc) is 2.28. The maximum atomic E-state index is 11.7. The molecule has 0 aromatic heterocycles. The highest BCUT2D eigenvalue weighted by Crippen LogP contribution is 2.42. The van der Waals surface area contributed by atoms with Crippen molar-refractivity contribution in [3.8, 4) is 0 Å². The number of nitrogens with two attached hydrogens (primary N) is 1. The van der Waals surface area contributed by atoms with E-state index in [9.17, 15) is 9.90 Å². The maximum Gasteiger partial charge on any atom is 0.310 e. The van der Waals surface area contributed by atoms with Crippen LogP contribution in [0.25, 0.3) is 0 Å². The van der Waals surface area contributed by atoms with Gasteiger partial charge in [0, 0.05) is 0 Å². The van der Waals surface area contributed by atoms with Crippen molar-refractivity contribution in [3.05, 3.63) is 28.3 Å². The average molecular weight is 284 g/mol. The van der Waals surface area contributed by atoms with Gasteiger partial charge in [-0.1, -0.05) is 38.4 Å². The smallest absolute Gasteiger partial charge is 0.310 e. The van der Waals surface area contributed by atoms with E-state index in [1.165, 1.54) is 0 Å². The summed E-state index contributed by atoms with van der Waals surface area (Å²) in [7, 11) is 0. The molecular formula is C15H22ClNO2. The Morgan fingerprint density at radius 2 is 1.84 bits per heavy atom. The maximum absolute atomic E-state index is 11.7. The van der Waals surface area contributed by atoms with E-state index < -0.39 is 11.4 Å². The van der Waals surface area contributed by atoms with Crippen LogP contribution in [0.15, 0.2) is 12.1 Å². The molecule has 0 aliphatic rings. The van der Waals surface area contributed by atoms with Crippen LogP contribution < -0.4 is 5.73 Å². The van der Waals surface area contributed by atoms with E-state index in [1.807, 2.05) is 33.8 Å². The molecule has 0 aliphatic carbocycles. The molecule has 1 rings (SSSR count). The minimum atomic E-state index is -0.863. The van der Waals surface area contributed by atoms with Crippen LogP contribution in [0.1, 0.15) is 38.8 Å². The molecule has 0 radical (unpaired) electrons. The highest BCUT2D eigenvalue weighted by atomic mass is 35.5. The quantitative estimate of drug-likeness (QED) is 0.827. The summed E-state index contributed by atoms with van der Waals surface area (Å²) in [6.45, 7) is 9.47. The fraction of sp³-hybridized carbons (Fsp3) is 0.533. The van der Waals surface area contributed by atoms with Gasteiger partial charge in [0.15, 0.2) is 0 Å². The van der Waals surface area contributed by atoms with Crippen LogP contribution in [0.5, 0.6) is 0 Å². The van der Waals surface area contributed by atoms with Gasteiger partial charge >= 0.3 is 5.97 Å². The first-order valence-electron chi connectivity index (χ1n) is 6.27. The van der Waals surface area contributed by atoms with Gasteiger partial charge in [-0.2, -0.15) is 0 Å². The fourth-order valence-electron chi connectivity index (χ4n) is 1.97. The molecule has 0 saturated carbocycles. The minimum Gasteiger partial charge on any atom is -0.481 e. The highest BCUT2D eigenvalue weighted by molar-refractivity contribution is 6.33. The predicted molar refractivity (Wildman–Crippen MR) is 79.5 cm³/mol. The Hall–Kier alpha value is -1.22. The Kier molecular flexibility index (Phi) is 4.20. The first-order chi connectivity index (χ1) is 8.50. The van der Waals surface area contributed by atoms with E-state index in [1.54, 1.807) is 13.0 Å². The Bertz CT molecular complexity index is 506. The molecule has 3 nitrogen and oxygen atoms in total. The topological polar surface area (TPSA) is 63.3 Å². The first kappa shape index (κ1) is 15.8. The van der Waals surface area contributed by atoms with Crippen molar-refractivity contribution >= 4 is 23.3 Å². The lowest BCUT2D eigenvalue weighted by atomic mass is 9.64. The van der Waals surface area contributed by atoms with Gasteiger partial charge in [-0.25, -0.2) is 0 Å². The second kappa shape index (κ2) is 5.04. The zero-order valence-electron chi connectivity index (χ0n) is 12.2. The number of rotatable bonds is 3. The van der Waals surface area contributed by atoms with E-state index in [0.29, 0.717) is 17.1 Å². The molecule has 1 atom stereocenters. The molecule has 0 fully saturated rings. The molecule has 0 heterocycles. The second-order valence-corrected chi connectivity index (χ2v) is 6.72. The van der Waals surface area contributed by atoms with Crippen LogP contribution in [-0.4, -0.2) is 11.1 Å². The summed E-state index contributed by atoms with van der Waals surface area (Å²) in [5, 5.41) is 10.1. The van der Waals surface area contributed by atoms with Crippen LogP contribution >= 0.6 is 11.6 Å². The highest BCUT2D eigenvalue weighted by Gasteiger charge is 2.44. The molecule has 1 aromatic carbocycles. The van der Waals surface area contributed by atoms with E-state index >= 15 is 0 Å². The van der Waals surface area contributed by atoms with Crippen molar-refractivity contribution in [2.45, 2.75) is 41.0 Å². The van der Waals surface area contributed by atoms with Crippen LogP contribution in [0.2, 0.25) is 5.02 Å². The van der Waals surface area contributed by atoms with Gasteiger partial charge in [-0.05, 0) is 42.9 Å². The minimum absolute atomic E-state index is 0.361. The Labute approximate surface area is 119 Å². The summed E-state index contributed by atoms with van der Waals surface area (Å²) in [6, 6.07) is 3.59. The lowest BCUT2D eigenvalue weighted by Crippen LogP contribution is -2.42. The Morgan fingerprint density at radius 1 is 1.32 bits per heavy atom. The summed E-state index contributed by atoms with van der Waals surface area (Å²) >= 11 is 5.97. The van der Waals surface area contributed by atoms with Crippen LogP contribution in [-0.2, 0) is 11.2 Å². The molecule has 0 bridgehead atoms. The molecule has 106 valence electrons. The summed E-state index contributed by atoms with van der Waals surface area (Å²) in [5.74, 6) is -0.798. The van der Waals surface area contributed by atoms with Crippen molar-refractivity contribution in [3.63, 3.8) is 0 Å². The number of carboxylic acids is 1. The Morgan fingerprint density at radius 3 is 2.26 bits per heavy atom. The molecule has 19 heavy (non-hydrogen) atoms. The molecular weight excluding hydrogens is 262 g/mol. The van der Waals surface area contributed by atoms with Crippen molar-refractivity contribution in [1.82, 2.24) is 0 Å². The molecule has 0 saturated heterocycles. The molecule has 0 unspecified atom stereocenters. The van der Waals surface area contributed by atoms with E-state index in [0.717, 1.165) is 11.1 Å². The number of carbonyl (C=O) groups is 1. The number of hydrogen-bond donors (Lipinski definition) is 2. The number of aliphatic carboxylic acids is 1. The zero-order chi connectivity index (χ0) is 15.0. The van der Waals surface area contributed by atoms with Crippen LogP contribution in [0.4, 0.5) is 5.69 Å². The number of nitrogen functional groups attached to an aromatic ring is 1. The summed E-state index contributed by atoms with van der Waals surface area (Å²) < 4.78 is 0. The van der Waals surface area contributed by atoms with E-state index in [4.69, 9.17) is 17.3 Å². The summed E-state index contributed by atoms with van der Waals surface area (Å²) in [6.07, 6.45) is 0.430. The zero-order valence-corrected chi connectivity index (χ0v) is 12.9. The van der Waals surface area contributed by atoms with Gasteiger partial charge in [0.1, 0.15) is 0 Å². The van der Waals surface area contributed by atoms with Crippen LogP contribution in [0, 0.1) is 17.8 Å². The van der Waals surface area contributed by atoms with Crippen molar-refractivity contribution in [2.24, 2.45) is 10.8 Å². The fourth-order valence-corrected chi connectivity index (χ4v) is 2.18. The third kappa shape index (κ3) is 2.86. The van der Waals surface area contributed by atoms with Crippen molar-refractivity contribution in [2.75, 3.05) is 5.73 Å². The largest absolute Gasteiger partial charge is 0.481 e. The lowest BCUT2D eigenvalue weighted by molar-refractivity contribution is -0.154. The van der Waals surface area contributed by atoms with Crippen molar-refractivity contribution in [1.29, 1.82) is 0 Å². The molecule has 0 amide bonds. The summed E-state index contributed by atoms with van der Waals surface area (Å²) in [4.78, 5) is 11.7. The third-order valence-corrected chi connectivity index (χ3v) is 4.57. The standard InChI is InChI=1S/C15H22ClNO2/c1-9-10(6-7-11(16)12(9)17)8-15(5,13(18)19)14(2,3)4/h6-7H,8,17H2,1-5H3,(H,18,19)/t15-/m1/s1. The normalized spacial score (nSPS) is 15.1. The van der Waals surface area contributed by atoms with E-state index in [2.05, 4.69) is 0 Å². The lowest BCUT2D eigenvalue weighted by Gasteiger charge is -2.38. The van der Waals surface area contributed by atoms with Gasteiger partial charge in [-0.3, -0.25) is 4.79 Å². The van der Waals surface area contributed by atoms with Gasteiger partial charge in [0.2, 0.25) is 0 Å². The Balaban J connectivity index is 3.27. The number of anilines is 1. The molecule has 1 aromatic rings. The molecule has 4 heteroatoms. The third-order valence-electron chi connectivity index (χ3n) is 4.25. The SMILES string of the molecule is Cc1c(C[C@](C)(C(=O)O)C(C)(C)C)ccc(Cl)c1N. The van der Waals surface area contributed by atoms with Crippen molar-refractivity contribution < 1.29 is 9.90 Å². The van der Waals surface area contributed by atoms with Gasteiger partial charge in [-0.15, -0.1) is 0 Å². The van der Waals surface area contributed by atoms with Gasteiger partial charge in [0.25, 0.3) is 0 Å². The number of benzene rings is 1. The molecule has 0 aliphatic heterocycles. The predicted octanol–water partition coefficient (Wildman–Crippen LogP) is 3.91. The summed E-state index contributed by atoms with van der Waals surface area (Å²) in [5.41, 5.74) is 7.01.